The molecule has 0 heterocycles. The van der Waals surface area contributed by atoms with E-state index in [1.807, 2.05) is 25.1 Å². The molecule has 0 amide bonds. The van der Waals surface area contributed by atoms with Gasteiger partial charge >= 0.3 is 0 Å². The lowest BCUT2D eigenvalue weighted by atomic mass is 9.55. The molecule has 3 aliphatic carbocycles. The standard InChI is InChI=1S/C25H30O3/c1-25-12-11-20-19-10-8-18(28-15-16-5-3-2-4-6-16)13-17(19)7-9-21(20)22(25)14-23(26)24(25)27/h2-6,8,10,13,20-24,26-27H,7,9,11-12,14-15H2,1H3/t20-,21-,22+,23-,24+,25+/m1/s1/i24D. The van der Waals surface area contributed by atoms with Gasteiger partial charge in [-0.2, -0.15) is 0 Å². The molecule has 6 atom stereocenters. The van der Waals surface area contributed by atoms with Crippen LogP contribution in [0.5, 0.6) is 5.75 Å². The van der Waals surface area contributed by atoms with Crippen LogP contribution in [-0.2, 0) is 13.0 Å². The van der Waals surface area contributed by atoms with Gasteiger partial charge in [-0.25, -0.2) is 0 Å². The molecule has 3 nitrogen and oxygen atoms in total. The van der Waals surface area contributed by atoms with Gasteiger partial charge in [0.1, 0.15) is 12.4 Å². The molecule has 2 aromatic carbocycles. The molecule has 2 fully saturated rings. The largest absolute Gasteiger partial charge is 0.489 e. The molecule has 2 aromatic rings. The second-order valence-electron chi connectivity index (χ2n) is 9.14. The highest BCUT2D eigenvalue weighted by Gasteiger charge is 2.57. The average molecular weight is 380 g/mol. The lowest BCUT2D eigenvalue weighted by Gasteiger charge is -2.49. The van der Waals surface area contributed by atoms with Crippen LogP contribution in [0.3, 0.4) is 0 Å². The minimum absolute atomic E-state index is 0.209. The van der Waals surface area contributed by atoms with Gasteiger partial charge in [-0.1, -0.05) is 43.3 Å². The smallest absolute Gasteiger partial charge is 0.120 e. The predicted molar refractivity (Wildman–Crippen MR) is 109 cm³/mol. The zero-order chi connectivity index (χ0) is 20.2. The number of hydrogen-bond acceptors (Lipinski definition) is 3. The monoisotopic (exact) mass is 379 g/mol. The second-order valence-corrected chi connectivity index (χ2v) is 9.14. The van der Waals surface area contributed by atoms with Crippen molar-refractivity contribution in [1.82, 2.24) is 0 Å². The first-order chi connectivity index (χ1) is 13.9. The molecule has 0 aliphatic heterocycles. The summed E-state index contributed by atoms with van der Waals surface area (Å²) in [5.41, 5.74) is 3.44. The van der Waals surface area contributed by atoms with Gasteiger partial charge in [0, 0.05) is 0 Å². The molecule has 0 saturated heterocycles. The number of rotatable bonds is 3. The zero-order valence-electron chi connectivity index (χ0n) is 17.5. The van der Waals surface area contributed by atoms with E-state index in [-0.39, 0.29) is 5.92 Å². The number of aliphatic hydroxyl groups excluding tert-OH is 1. The Morgan fingerprint density at radius 3 is 2.79 bits per heavy atom. The lowest BCUT2D eigenvalue weighted by molar-refractivity contribution is -0.0505. The van der Waals surface area contributed by atoms with E-state index in [0.717, 1.165) is 31.4 Å². The Morgan fingerprint density at radius 1 is 1.14 bits per heavy atom. The van der Waals surface area contributed by atoms with Gasteiger partial charge in [-0.3, -0.25) is 0 Å². The highest BCUT2D eigenvalue weighted by Crippen LogP contribution is 2.60. The summed E-state index contributed by atoms with van der Waals surface area (Å²) in [5, 5.41) is 21.1. The minimum Gasteiger partial charge on any atom is -0.489 e. The number of ether oxygens (including phenoxy) is 1. The number of fused-ring (bicyclic) bond motifs is 5. The third kappa shape index (κ3) is 2.87. The predicted octanol–water partition coefficient (Wildman–Crippen LogP) is 4.45. The van der Waals surface area contributed by atoms with Crippen LogP contribution in [0.1, 0.15) is 56.6 Å². The van der Waals surface area contributed by atoms with E-state index in [1.165, 1.54) is 16.7 Å². The van der Waals surface area contributed by atoms with Crippen LogP contribution >= 0.6 is 0 Å². The Kier molecular flexibility index (Phi) is 4.20. The summed E-state index contributed by atoms with van der Waals surface area (Å²) >= 11 is 0. The fraction of sp³-hybridized carbons (Fsp3) is 0.520. The second kappa shape index (κ2) is 6.89. The quantitative estimate of drug-likeness (QED) is 0.828. The van der Waals surface area contributed by atoms with Crippen molar-refractivity contribution < 1.29 is 16.3 Å². The first-order valence-corrected chi connectivity index (χ1v) is 10.6. The molecule has 0 radical (unpaired) electrons. The third-order valence-electron chi connectivity index (χ3n) is 7.71. The maximum absolute atomic E-state index is 10.7. The van der Waals surface area contributed by atoms with Crippen LogP contribution in [0.25, 0.3) is 0 Å². The summed E-state index contributed by atoms with van der Waals surface area (Å²) in [4.78, 5) is 0. The van der Waals surface area contributed by atoms with Crippen molar-refractivity contribution in [3.05, 3.63) is 65.2 Å². The highest BCUT2D eigenvalue weighted by atomic mass is 16.5. The van der Waals surface area contributed by atoms with Gasteiger partial charge in [-0.05, 0) is 84.1 Å². The summed E-state index contributed by atoms with van der Waals surface area (Å²) in [7, 11) is 0. The van der Waals surface area contributed by atoms with E-state index in [4.69, 9.17) is 6.11 Å². The maximum atomic E-state index is 10.7. The van der Waals surface area contributed by atoms with Crippen molar-refractivity contribution in [2.24, 2.45) is 17.3 Å². The maximum Gasteiger partial charge on any atom is 0.120 e. The van der Waals surface area contributed by atoms with Gasteiger partial charge < -0.3 is 14.9 Å². The van der Waals surface area contributed by atoms with E-state index in [0.29, 0.717) is 24.9 Å². The normalized spacial score (nSPS) is 39.5. The van der Waals surface area contributed by atoms with E-state index in [9.17, 15) is 10.2 Å². The zero-order valence-corrected chi connectivity index (χ0v) is 16.5. The fourth-order valence-electron chi connectivity index (χ4n) is 6.20. The van der Waals surface area contributed by atoms with Gasteiger partial charge in [0.25, 0.3) is 0 Å². The number of aryl methyl sites for hydroxylation is 1. The van der Waals surface area contributed by atoms with Crippen LogP contribution in [0.4, 0.5) is 0 Å². The van der Waals surface area contributed by atoms with Crippen molar-refractivity contribution >= 4 is 0 Å². The van der Waals surface area contributed by atoms with Crippen LogP contribution in [0.15, 0.2) is 48.5 Å². The number of aliphatic hydroxyl groups is 2. The molecular weight excluding hydrogens is 348 g/mol. The van der Waals surface area contributed by atoms with E-state index in [1.54, 1.807) is 0 Å². The average Bonchev–Trinajstić information content (AvgIpc) is 2.92. The van der Waals surface area contributed by atoms with Crippen molar-refractivity contribution in [2.45, 2.75) is 63.7 Å². The first-order valence-electron chi connectivity index (χ1n) is 11.1. The van der Waals surface area contributed by atoms with Crippen molar-refractivity contribution in [3.63, 3.8) is 0 Å². The summed E-state index contributed by atoms with van der Waals surface area (Å²) in [6.45, 7) is 2.60. The topological polar surface area (TPSA) is 49.7 Å². The Labute approximate surface area is 168 Å². The van der Waals surface area contributed by atoms with Gasteiger partial charge in [-0.15, -0.1) is 0 Å². The Balaban J connectivity index is 1.36. The summed E-state index contributed by atoms with van der Waals surface area (Å²) in [6.07, 6.45) is 1.71. The number of benzene rings is 2. The highest BCUT2D eigenvalue weighted by molar-refractivity contribution is 5.41. The molecule has 0 aromatic heterocycles. The van der Waals surface area contributed by atoms with Gasteiger partial charge in [0.2, 0.25) is 0 Å². The molecule has 2 N–H and O–H groups in total. The molecule has 3 heteroatoms. The fourth-order valence-corrected chi connectivity index (χ4v) is 6.20. The molecule has 2 saturated carbocycles. The van der Waals surface area contributed by atoms with Crippen molar-refractivity contribution in [2.75, 3.05) is 0 Å². The summed E-state index contributed by atoms with van der Waals surface area (Å²) in [6, 6.07) is 16.7. The third-order valence-corrected chi connectivity index (χ3v) is 7.71. The first kappa shape index (κ1) is 17.1. The molecular formula is C25H30O3. The molecule has 28 heavy (non-hydrogen) atoms. The molecule has 0 bridgehead atoms. The Bertz CT molecular complexity index is 896. The van der Waals surface area contributed by atoms with E-state index >= 15 is 0 Å². The van der Waals surface area contributed by atoms with Crippen LogP contribution in [0, 0.1) is 17.3 Å². The lowest BCUT2D eigenvalue weighted by Crippen LogP contribution is -2.44. The molecule has 148 valence electrons. The summed E-state index contributed by atoms with van der Waals surface area (Å²) < 4.78 is 14.4. The van der Waals surface area contributed by atoms with Gasteiger partial charge in [0.15, 0.2) is 0 Å². The van der Waals surface area contributed by atoms with Crippen molar-refractivity contribution in [3.8, 4) is 5.75 Å². The van der Waals surface area contributed by atoms with Gasteiger partial charge in [0.05, 0.1) is 13.6 Å². The Morgan fingerprint density at radius 2 is 1.96 bits per heavy atom. The van der Waals surface area contributed by atoms with Crippen LogP contribution < -0.4 is 4.74 Å². The van der Waals surface area contributed by atoms with E-state index in [2.05, 4.69) is 30.3 Å². The Hall–Kier alpha value is -1.84. The molecule has 0 unspecified atom stereocenters. The van der Waals surface area contributed by atoms with Crippen molar-refractivity contribution in [1.29, 1.82) is 0 Å². The molecule has 5 rings (SSSR count). The van der Waals surface area contributed by atoms with Crippen LogP contribution in [-0.4, -0.2) is 22.4 Å². The minimum atomic E-state index is -1.72. The molecule has 3 aliphatic rings. The molecule has 0 spiro atoms. The van der Waals surface area contributed by atoms with E-state index < -0.39 is 17.6 Å². The number of hydrogen-bond donors (Lipinski definition) is 2. The summed E-state index contributed by atoms with van der Waals surface area (Å²) in [5.74, 6) is 2.02. The SMILES string of the molecule is [2H][C@]1(O)[C@H](O)C[C@H]2[C@@H]3CCc4cc(OCc5ccccc5)ccc4[C@H]3CC[C@@]21C. The van der Waals surface area contributed by atoms with Crippen LogP contribution in [0.2, 0.25) is 0 Å².